The molecule has 1 heterocycles. The van der Waals surface area contributed by atoms with Gasteiger partial charge in [0, 0.05) is 16.9 Å². The van der Waals surface area contributed by atoms with E-state index in [4.69, 9.17) is 30.5 Å². The van der Waals surface area contributed by atoms with Crippen LogP contribution < -0.4 is 24.3 Å². The number of aromatic nitrogens is 2. The van der Waals surface area contributed by atoms with Crippen molar-refractivity contribution in [1.29, 1.82) is 0 Å². The molecular formula is C28H28ClN3O5. The lowest BCUT2D eigenvalue weighted by molar-refractivity contribution is 0.100. The van der Waals surface area contributed by atoms with Crippen LogP contribution in [0.3, 0.4) is 0 Å². The zero-order valence-corrected chi connectivity index (χ0v) is 21.4. The van der Waals surface area contributed by atoms with Gasteiger partial charge in [-0.2, -0.15) is 5.10 Å². The van der Waals surface area contributed by atoms with Crippen molar-refractivity contribution < 1.29 is 23.7 Å². The highest BCUT2D eigenvalue weighted by molar-refractivity contribution is 6.30. The van der Waals surface area contributed by atoms with E-state index in [9.17, 15) is 4.79 Å². The second kappa shape index (κ2) is 12.7. The van der Waals surface area contributed by atoms with Crippen LogP contribution in [-0.2, 0) is 13.3 Å². The van der Waals surface area contributed by atoms with Crippen LogP contribution in [0.15, 0.2) is 79.0 Å². The standard InChI is InChI=1S/C28H28ClN3O5/c1-3-34-26-14-5-20(17-27(26)35-4-2)18-36-23-12-8-22(9-13-23)31-28(33)25-15-16-30-32(25)19-37-24-10-6-21(29)7-11-24/h5-17H,3-4,18-19H2,1-2H3,(H,31,33). The lowest BCUT2D eigenvalue weighted by atomic mass is 10.2. The second-order valence-corrected chi connectivity index (χ2v) is 8.29. The molecule has 0 saturated carbocycles. The summed E-state index contributed by atoms with van der Waals surface area (Å²) in [4.78, 5) is 12.8. The first-order chi connectivity index (χ1) is 18.1. The Morgan fingerprint density at radius 2 is 1.51 bits per heavy atom. The third-order valence-electron chi connectivity index (χ3n) is 5.24. The number of ether oxygens (including phenoxy) is 4. The molecule has 0 unspecified atom stereocenters. The van der Waals surface area contributed by atoms with Gasteiger partial charge in [-0.15, -0.1) is 0 Å². The van der Waals surface area contributed by atoms with Crippen molar-refractivity contribution in [1.82, 2.24) is 9.78 Å². The molecule has 1 aromatic heterocycles. The van der Waals surface area contributed by atoms with Crippen molar-refractivity contribution in [3.63, 3.8) is 0 Å². The topological polar surface area (TPSA) is 83.8 Å². The first kappa shape index (κ1) is 25.9. The summed E-state index contributed by atoms with van der Waals surface area (Å²) in [5, 5.41) is 7.67. The van der Waals surface area contributed by atoms with Gasteiger partial charge in [0.25, 0.3) is 5.91 Å². The predicted octanol–water partition coefficient (Wildman–Crippen LogP) is 6.20. The van der Waals surface area contributed by atoms with E-state index in [0.29, 0.717) is 59.2 Å². The fraction of sp³-hybridized carbons (Fsp3) is 0.214. The van der Waals surface area contributed by atoms with Gasteiger partial charge in [-0.05, 0) is 86.1 Å². The molecular weight excluding hydrogens is 494 g/mol. The van der Waals surface area contributed by atoms with Crippen LogP contribution in [-0.4, -0.2) is 28.9 Å². The second-order valence-electron chi connectivity index (χ2n) is 7.86. The van der Waals surface area contributed by atoms with E-state index in [-0.39, 0.29) is 12.6 Å². The van der Waals surface area contributed by atoms with E-state index in [2.05, 4.69) is 10.4 Å². The number of hydrogen-bond donors (Lipinski definition) is 1. The van der Waals surface area contributed by atoms with Crippen LogP contribution in [0.25, 0.3) is 0 Å². The Balaban J connectivity index is 1.32. The van der Waals surface area contributed by atoms with Crippen LogP contribution in [0.5, 0.6) is 23.0 Å². The van der Waals surface area contributed by atoms with Gasteiger partial charge in [-0.3, -0.25) is 4.79 Å². The molecule has 3 aromatic carbocycles. The van der Waals surface area contributed by atoms with E-state index in [1.807, 2.05) is 32.0 Å². The number of rotatable bonds is 12. The van der Waals surface area contributed by atoms with Crippen LogP contribution in [0.4, 0.5) is 5.69 Å². The summed E-state index contributed by atoms with van der Waals surface area (Å²) in [5.74, 6) is 2.41. The first-order valence-electron chi connectivity index (χ1n) is 11.9. The van der Waals surface area contributed by atoms with E-state index in [0.717, 1.165) is 5.56 Å². The van der Waals surface area contributed by atoms with Gasteiger partial charge in [0.1, 0.15) is 23.8 Å². The van der Waals surface area contributed by atoms with Gasteiger partial charge in [0.15, 0.2) is 18.2 Å². The van der Waals surface area contributed by atoms with Crippen molar-refractivity contribution in [3.05, 3.63) is 95.3 Å². The zero-order valence-electron chi connectivity index (χ0n) is 20.6. The molecule has 0 bridgehead atoms. The number of benzene rings is 3. The zero-order chi connectivity index (χ0) is 26.0. The first-order valence-corrected chi connectivity index (χ1v) is 12.3. The highest BCUT2D eigenvalue weighted by Gasteiger charge is 2.13. The molecule has 0 fully saturated rings. The maximum atomic E-state index is 12.8. The molecule has 9 heteroatoms. The molecule has 8 nitrogen and oxygen atoms in total. The largest absolute Gasteiger partial charge is 0.490 e. The Morgan fingerprint density at radius 3 is 2.24 bits per heavy atom. The van der Waals surface area contributed by atoms with Crippen molar-refractivity contribution in [3.8, 4) is 23.0 Å². The van der Waals surface area contributed by atoms with Crippen LogP contribution in [0.2, 0.25) is 5.02 Å². The summed E-state index contributed by atoms with van der Waals surface area (Å²) in [6, 6.07) is 21.5. The maximum absolute atomic E-state index is 12.8. The van der Waals surface area contributed by atoms with Gasteiger partial charge in [0.05, 0.1) is 13.2 Å². The molecule has 0 saturated heterocycles. The van der Waals surface area contributed by atoms with Crippen molar-refractivity contribution >= 4 is 23.2 Å². The quantitative estimate of drug-likeness (QED) is 0.239. The summed E-state index contributed by atoms with van der Waals surface area (Å²) in [6.45, 7) is 5.44. The molecule has 0 aliphatic carbocycles. The summed E-state index contributed by atoms with van der Waals surface area (Å²) in [6.07, 6.45) is 1.55. The summed E-state index contributed by atoms with van der Waals surface area (Å²) < 4.78 is 24.4. The molecule has 0 atom stereocenters. The predicted molar refractivity (Wildman–Crippen MR) is 142 cm³/mol. The summed E-state index contributed by atoms with van der Waals surface area (Å²) in [5.41, 5.74) is 1.96. The minimum atomic E-state index is -0.302. The Bertz CT molecular complexity index is 1310. The number of carbonyl (C=O) groups excluding carboxylic acids is 1. The van der Waals surface area contributed by atoms with Crippen LogP contribution in [0, 0.1) is 0 Å². The van der Waals surface area contributed by atoms with Crippen molar-refractivity contribution in [2.75, 3.05) is 18.5 Å². The molecule has 1 amide bonds. The number of anilines is 1. The van der Waals surface area contributed by atoms with Gasteiger partial charge in [-0.1, -0.05) is 17.7 Å². The van der Waals surface area contributed by atoms with Gasteiger partial charge < -0.3 is 24.3 Å². The third kappa shape index (κ3) is 7.17. The van der Waals surface area contributed by atoms with Crippen molar-refractivity contribution in [2.45, 2.75) is 27.2 Å². The summed E-state index contributed by atoms with van der Waals surface area (Å²) in [7, 11) is 0. The molecule has 0 radical (unpaired) electrons. The molecule has 0 aliphatic heterocycles. The Hall–Kier alpha value is -4.17. The maximum Gasteiger partial charge on any atom is 0.274 e. The summed E-state index contributed by atoms with van der Waals surface area (Å²) >= 11 is 5.90. The molecule has 0 aliphatic rings. The number of hydrogen-bond acceptors (Lipinski definition) is 6. The number of nitrogens with zero attached hydrogens (tertiary/aromatic N) is 2. The van der Waals surface area contributed by atoms with E-state index < -0.39 is 0 Å². The normalized spacial score (nSPS) is 10.6. The Kier molecular flexibility index (Phi) is 8.89. The molecule has 1 N–H and O–H groups in total. The van der Waals surface area contributed by atoms with Crippen LogP contribution in [0.1, 0.15) is 29.9 Å². The van der Waals surface area contributed by atoms with E-state index >= 15 is 0 Å². The molecule has 0 spiro atoms. The molecule has 192 valence electrons. The number of nitrogens with one attached hydrogen (secondary N) is 1. The number of amides is 1. The number of halogens is 1. The van der Waals surface area contributed by atoms with E-state index in [1.54, 1.807) is 60.8 Å². The average molecular weight is 522 g/mol. The Morgan fingerprint density at radius 1 is 0.838 bits per heavy atom. The van der Waals surface area contributed by atoms with Gasteiger partial charge >= 0.3 is 0 Å². The highest BCUT2D eigenvalue weighted by atomic mass is 35.5. The van der Waals surface area contributed by atoms with Gasteiger partial charge in [0.2, 0.25) is 0 Å². The monoisotopic (exact) mass is 521 g/mol. The van der Waals surface area contributed by atoms with Gasteiger partial charge in [-0.25, -0.2) is 4.68 Å². The highest BCUT2D eigenvalue weighted by Crippen LogP contribution is 2.29. The fourth-order valence-electron chi connectivity index (χ4n) is 3.48. The van der Waals surface area contributed by atoms with E-state index in [1.165, 1.54) is 4.68 Å². The average Bonchev–Trinajstić information content (AvgIpc) is 3.38. The fourth-order valence-corrected chi connectivity index (χ4v) is 3.60. The number of carbonyl (C=O) groups is 1. The smallest absolute Gasteiger partial charge is 0.274 e. The minimum Gasteiger partial charge on any atom is -0.490 e. The molecule has 4 rings (SSSR count). The SMILES string of the molecule is CCOc1ccc(COc2ccc(NC(=O)c3ccnn3COc3ccc(Cl)cc3)cc2)cc1OCC. The Labute approximate surface area is 220 Å². The lowest BCUT2D eigenvalue weighted by Crippen LogP contribution is -2.19. The minimum absolute atomic E-state index is 0.0841. The molecule has 37 heavy (non-hydrogen) atoms. The third-order valence-corrected chi connectivity index (χ3v) is 5.49. The molecule has 4 aromatic rings. The van der Waals surface area contributed by atoms with Crippen molar-refractivity contribution in [2.24, 2.45) is 0 Å². The van der Waals surface area contributed by atoms with Crippen LogP contribution >= 0.6 is 11.6 Å². The lowest BCUT2D eigenvalue weighted by Gasteiger charge is -2.13.